The summed E-state index contributed by atoms with van der Waals surface area (Å²) in [4.78, 5) is 4.80. The van der Waals surface area contributed by atoms with Crippen molar-refractivity contribution in [1.82, 2.24) is 9.80 Å². The molecule has 0 heterocycles. The first-order chi connectivity index (χ1) is 21.2. The Morgan fingerprint density at radius 2 is 0.721 bits per heavy atom. The number of nitrogens with zero attached hydrogens (tertiary/aromatic N) is 2. The van der Waals surface area contributed by atoms with Crippen molar-refractivity contribution in [2.24, 2.45) is 0 Å². The fraction of sp³-hybridized carbons (Fsp3) is 0.351. The zero-order valence-electron chi connectivity index (χ0n) is 25.6. The normalized spacial score (nSPS) is 12.9. The smallest absolute Gasteiger partial charge is 0.146 e. The molecule has 6 heteroatoms. The molecular weight excluding hydrogens is 536 g/mol. The molecule has 0 aliphatic carbocycles. The average molecular weight is 583 g/mol. The van der Waals surface area contributed by atoms with Crippen molar-refractivity contribution in [3.63, 3.8) is 0 Å². The van der Waals surface area contributed by atoms with Crippen molar-refractivity contribution in [3.8, 4) is 0 Å². The lowest BCUT2D eigenvalue weighted by Crippen LogP contribution is -2.37. The Kier molecular flexibility index (Phi) is 14.4. The van der Waals surface area contributed by atoms with E-state index in [0.29, 0.717) is 13.2 Å². The molecular formula is C37H46N2O4. The average Bonchev–Trinajstić information content (AvgIpc) is 3.05. The summed E-state index contributed by atoms with van der Waals surface area (Å²) in [5.74, 6) is 0. The molecule has 43 heavy (non-hydrogen) atoms. The van der Waals surface area contributed by atoms with Gasteiger partial charge in [0.25, 0.3) is 0 Å². The zero-order chi connectivity index (χ0) is 30.0. The van der Waals surface area contributed by atoms with Crippen LogP contribution >= 0.6 is 0 Å². The molecule has 0 spiro atoms. The SMILES string of the molecule is COC(COCOCC(CN(Cc1ccccc1)Cc1ccccc1)OC)CN(Cc1ccccc1)Cc1ccccc1. The summed E-state index contributed by atoms with van der Waals surface area (Å²) < 4.78 is 23.5. The van der Waals surface area contributed by atoms with E-state index in [9.17, 15) is 0 Å². The van der Waals surface area contributed by atoms with Gasteiger partial charge in [0, 0.05) is 53.5 Å². The van der Waals surface area contributed by atoms with E-state index in [1.54, 1.807) is 14.2 Å². The van der Waals surface area contributed by atoms with E-state index in [2.05, 4.69) is 131 Å². The maximum atomic E-state index is 5.94. The highest BCUT2D eigenvalue weighted by molar-refractivity contribution is 5.18. The van der Waals surface area contributed by atoms with Gasteiger partial charge in [-0.3, -0.25) is 9.80 Å². The molecule has 0 saturated carbocycles. The first-order valence-electron chi connectivity index (χ1n) is 15.0. The van der Waals surface area contributed by atoms with E-state index >= 15 is 0 Å². The standard InChI is InChI=1S/C37H46N2O4/c1-40-36(27-38(23-32-15-7-3-8-16-32)24-33-17-9-4-10-18-33)29-42-31-43-30-37(41-2)28-39(25-34-19-11-5-12-20-34)26-35-21-13-6-14-22-35/h3-22,36-37H,23-31H2,1-2H3. The Morgan fingerprint density at radius 1 is 0.442 bits per heavy atom. The van der Waals surface area contributed by atoms with E-state index in [0.717, 1.165) is 39.3 Å². The Morgan fingerprint density at radius 3 is 0.977 bits per heavy atom. The van der Waals surface area contributed by atoms with E-state index in [1.165, 1.54) is 22.3 Å². The van der Waals surface area contributed by atoms with Gasteiger partial charge in [-0.25, -0.2) is 0 Å². The predicted octanol–water partition coefficient (Wildman–Crippen LogP) is 6.41. The maximum Gasteiger partial charge on any atom is 0.146 e. The van der Waals surface area contributed by atoms with Gasteiger partial charge < -0.3 is 18.9 Å². The zero-order valence-corrected chi connectivity index (χ0v) is 25.6. The van der Waals surface area contributed by atoms with E-state index in [-0.39, 0.29) is 19.0 Å². The molecule has 0 amide bonds. The van der Waals surface area contributed by atoms with Crippen LogP contribution in [0.2, 0.25) is 0 Å². The van der Waals surface area contributed by atoms with Gasteiger partial charge in [0.05, 0.1) is 25.4 Å². The maximum absolute atomic E-state index is 5.94. The van der Waals surface area contributed by atoms with Crippen LogP contribution in [0.3, 0.4) is 0 Å². The van der Waals surface area contributed by atoms with Gasteiger partial charge in [-0.05, 0) is 22.3 Å². The second-order valence-electron chi connectivity index (χ2n) is 10.9. The molecule has 228 valence electrons. The van der Waals surface area contributed by atoms with Crippen molar-refractivity contribution in [3.05, 3.63) is 144 Å². The summed E-state index contributed by atoms with van der Waals surface area (Å²) >= 11 is 0. The molecule has 4 rings (SSSR count). The van der Waals surface area contributed by atoms with Gasteiger partial charge in [-0.15, -0.1) is 0 Å². The molecule has 2 unspecified atom stereocenters. The highest BCUT2D eigenvalue weighted by Crippen LogP contribution is 2.13. The Balaban J connectivity index is 1.24. The number of benzene rings is 4. The Hall–Kier alpha value is -3.36. The van der Waals surface area contributed by atoms with Crippen molar-refractivity contribution in [2.75, 3.05) is 47.3 Å². The second kappa shape index (κ2) is 19.0. The molecule has 0 aromatic heterocycles. The van der Waals surface area contributed by atoms with Gasteiger partial charge >= 0.3 is 0 Å². The fourth-order valence-electron chi connectivity index (χ4n) is 5.12. The Labute approximate surface area is 257 Å². The van der Waals surface area contributed by atoms with Crippen LogP contribution in [0.1, 0.15) is 22.3 Å². The quantitative estimate of drug-likeness (QED) is 0.0886. The van der Waals surface area contributed by atoms with Crippen LogP contribution in [0.15, 0.2) is 121 Å². The van der Waals surface area contributed by atoms with E-state index in [4.69, 9.17) is 18.9 Å². The fourth-order valence-corrected chi connectivity index (χ4v) is 5.12. The summed E-state index contributed by atoms with van der Waals surface area (Å²) in [6.45, 7) is 5.92. The third-order valence-corrected chi connectivity index (χ3v) is 7.36. The van der Waals surface area contributed by atoms with Gasteiger partial charge in [-0.2, -0.15) is 0 Å². The first-order valence-corrected chi connectivity index (χ1v) is 15.0. The molecule has 0 radical (unpaired) electrons. The Bertz CT molecular complexity index is 1060. The number of rotatable bonds is 20. The lowest BCUT2D eigenvalue weighted by molar-refractivity contribution is -0.112. The number of ether oxygens (including phenoxy) is 4. The largest absolute Gasteiger partial charge is 0.378 e. The van der Waals surface area contributed by atoms with Crippen LogP contribution in [0, 0.1) is 0 Å². The molecule has 0 aliphatic rings. The highest BCUT2D eigenvalue weighted by Gasteiger charge is 2.17. The van der Waals surface area contributed by atoms with Gasteiger partial charge in [0.2, 0.25) is 0 Å². The lowest BCUT2D eigenvalue weighted by Gasteiger charge is -2.28. The molecule has 0 saturated heterocycles. The molecule has 4 aromatic rings. The summed E-state index contributed by atoms with van der Waals surface area (Å²) in [6.07, 6.45) is -0.164. The first kappa shape index (κ1) is 32.6. The number of hydrogen-bond acceptors (Lipinski definition) is 6. The molecule has 0 N–H and O–H groups in total. The highest BCUT2D eigenvalue weighted by atomic mass is 16.7. The van der Waals surface area contributed by atoms with Crippen molar-refractivity contribution >= 4 is 0 Å². The van der Waals surface area contributed by atoms with Crippen LogP contribution in [0.25, 0.3) is 0 Å². The van der Waals surface area contributed by atoms with Crippen molar-refractivity contribution in [1.29, 1.82) is 0 Å². The monoisotopic (exact) mass is 582 g/mol. The van der Waals surface area contributed by atoms with Crippen LogP contribution < -0.4 is 0 Å². The van der Waals surface area contributed by atoms with Crippen LogP contribution in [-0.2, 0) is 45.1 Å². The summed E-state index contributed by atoms with van der Waals surface area (Å²) in [5.41, 5.74) is 5.10. The van der Waals surface area contributed by atoms with Gasteiger partial charge in [0.15, 0.2) is 0 Å². The van der Waals surface area contributed by atoms with Gasteiger partial charge in [0.1, 0.15) is 6.79 Å². The third-order valence-electron chi connectivity index (χ3n) is 7.36. The van der Waals surface area contributed by atoms with Crippen LogP contribution in [0.4, 0.5) is 0 Å². The van der Waals surface area contributed by atoms with Crippen LogP contribution in [0.5, 0.6) is 0 Å². The topological polar surface area (TPSA) is 43.4 Å². The molecule has 6 nitrogen and oxygen atoms in total. The summed E-state index contributed by atoms with van der Waals surface area (Å²) in [6, 6.07) is 42.2. The molecule has 2 atom stereocenters. The third kappa shape index (κ3) is 12.4. The van der Waals surface area contributed by atoms with Gasteiger partial charge in [-0.1, -0.05) is 121 Å². The van der Waals surface area contributed by atoms with Crippen molar-refractivity contribution in [2.45, 2.75) is 38.4 Å². The minimum Gasteiger partial charge on any atom is -0.378 e. The second-order valence-corrected chi connectivity index (χ2v) is 10.9. The molecule has 0 bridgehead atoms. The minimum absolute atomic E-state index is 0.0820. The lowest BCUT2D eigenvalue weighted by atomic mass is 10.1. The number of methoxy groups -OCH3 is 2. The summed E-state index contributed by atoms with van der Waals surface area (Å²) in [7, 11) is 3.49. The molecule has 4 aromatic carbocycles. The summed E-state index contributed by atoms with van der Waals surface area (Å²) in [5, 5.41) is 0. The molecule has 0 fully saturated rings. The molecule has 0 aliphatic heterocycles. The van der Waals surface area contributed by atoms with Crippen LogP contribution in [-0.4, -0.2) is 69.3 Å². The predicted molar refractivity (Wildman–Crippen MR) is 172 cm³/mol. The minimum atomic E-state index is -0.0820. The van der Waals surface area contributed by atoms with E-state index in [1.807, 2.05) is 0 Å². The van der Waals surface area contributed by atoms with Crippen molar-refractivity contribution < 1.29 is 18.9 Å². The number of hydrogen-bond donors (Lipinski definition) is 0. The van der Waals surface area contributed by atoms with E-state index < -0.39 is 0 Å².